The Kier molecular flexibility index (Phi) is 6.02. The van der Waals surface area contributed by atoms with Crippen molar-refractivity contribution in [2.24, 2.45) is 22.9 Å². The van der Waals surface area contributed by atoms with E-state index >= 15 is 0 Å². The van der Waals surface area contributed by atoms with Gasteiger partial charge in [-0.15, -0.1) is 0 Å². The number of hydrogen-bond donors (Lipinski definition) is 2. The van der Waals surface area contributed by atoms with Crippen molar-refractivity contribution in [2.45, 2.75) is 39.6 Å². The van der Waals surface area contributed by atoms with E-state index in [1.54, 1.807) is 12.3 Å². The number of nitrogens with one attached hydrogen (secondary N) is 1. The molecule has 1 aromatic heterocycles. The third-order valence-corrected chi connectivity index (χ3v) is 4.41. The molecule has 2 rings (SSSR count). The van der Waals surface area contributed by atoms with Gasteiger partial charge in [-0.2, -0.15) is 14.3 Å². The average Bonchev–Trinajstić information content (AvgIpc) is 2.78. The summed E-state index contributed by atoms with van der Waals surface area (Å²) in [5, 5.41) is 3.83. The second-order valence-electron chi connectivity index (χ2n) is 6.74. The highest BCUT2D eigenvalue weighted by molar-refractivity contribution is 5.21. The Morgan fingerprint density at radius 3 is 2.84 bits per heavy atom. The molecule has 1 fully saturated rings. The number of aromatic nitrogens is 2. The van der Waals surface area contributed by atoms with E-state index in [2.05, 4.69) is 15.0 Å². The van der Waals surface area contributed by atoms with Crippen LogP contribution in [0.5, 0.6) is 0 Å². The quantitative estimate of drug-likeness (QED) is 0.146. The summed E-state index contributed by atoms with van der Waals surface area (Å²) in [6.45, 7) is 8.12. The van der Waals surface area contributed by atoms with Gasteiger partial charge in [0.15, 0.2) is 11.5 Å². The maximum Gasteiger partial charge on any atom is 0.499 e. The van der Waals surface area contributed by atoms with Crippen molar-refractivity contribution in [3.8, 4) is 0 Å². The molecule has 3 N–H and O–H groups in total. The molecule has 0 aliphatic carbocycles. The largest absolute Gasteiger partial charge is 0.499 e. The summed E-state index contributed by atoms with van der Waals surface area (Å²) in [4.78, 5) is 28.0. The lowest BCUT2D eigenvalue weighted by molar-refractivity contribution is -0.781. The van der Waals surface area contributed by atoms with Crippen molar-refractivity contribution in [1.82, 2.24) is 4.98 Å². The predicted molar refractivity (Wildman–Crippen MR) is 88.7 cm³/mol. The Morgan fingerprint density at radius 2 is 2.24 bits per heavy atom. The number of rotatable bonds is 7. The number of aromatic amines is 1. The summed E-state index contributed by atoms with van der Waals surface area (Å²) in [5.74, 6) is 0.231. The highest BCUT2D eigenvalue weighted by Crippen LogP contribution is 2.44. The molecule has 1 aliphatic heterocycles. The molecular formula is C15H25N6O4+. The van der Waals surface area contributed by atoms with Crippen molar-refractivity contribution in [3.05, 3.63) is 33.2 Å². The van der Waals surface area contributed by atoms with Gasteiger partial charge in [-0.3, -0.25) is 0 Å². The first kappa shape index (κ1) is 19.2. The number of azide groups is 1. The zero-order valence-corrected chi connectivity index (χ0v) is 14.9. The highest BCUT2D eigenvalue weighted by Gasteiger charge is 2.54. The first-order chi connectivity index (χ1) is 11.8. The first-order valence-corrected chi connectivity index (χ1v) is 8.19. The fourth-order valence-corrected chi connectivity index (χ4v) is 2.74. The van der Waals surface area contributed by atoms with Crippen LogP contribution in [-0.4, -0.2) is 23.9 Å². The molecule has 0 unspecified atom stereocenters. The van der Waals surface area contributed by atoms with Crippen LogP contribution in [0, 0.1) is 17.8 Å². The minimum absolute atomic E-state index is 0.0702. The fraction of sp³-hybridized carbons (Fsp3) is 0.733. The van der Waals surface area contributed by atoms with Crippen molar-refractivity contribution in [2.75, 3.05) is 18.9 Å². The third kappa shape index (κ3) is 4.10. The monoisotopic (exact) mass is 353 g/mol. The molecule has 0 bridgehead atoms. The molecule has 0 saturated carbocycles. The van der Waals surface area contributed by atoms with Crippen molar-refractivity contribution >= 4 is 5.82 Å². The van der Waals surface area contributed by atoms with E-state index in [1.165, 1.54) is 4.57 Å². The van der Waals surface area contributed by atoms with Gasteiger partial charge < -0.3 is 10.5 Å². The maximum absolute atomic E-state index is 12.2. The van der Waals surface area contributed by atoms with Crippen molar-refractivity contribution in [3.63, 3.8) is 0 Å². The van der Waals surface area contributed by atoms with Crippen LogP contribution in [0.4, 0.5) is 5.82 Å². The highest BCUT2D eigenvalue weighted by atomic mass is 17.2. The first-order valence-electron chi connectivity index (χ1n) is 8.19. The maximum atomic E-state index is 12.2. The summed E-state index contributed by atoms with van der Waals surface area (Å²) in [5.41, 5.74) is 12.9. The van der Waals surface area contributed by atoms with Crippen LogP contribution < -0.4 is 16.0 Å². The zero-order valence-electron chi connectivity index (χ0n) is 14.9. The third-order valence-electron chi connectivity index (χ3n) is 4.41. The van der Waals surface area contributed by atoms with Gasteiger partial charge in [-0.25, -0.2) is 9.78 Å². The summed E-state index contributed by atoms with van der Waals surface area (Å²) < 4.78 is 7.39. The van der Waals surface area contributed by atoms with E-state index in [0.717, 1.165) is 0 Å². The molecule has 2 heterocycles. The normalized spacial score (nSPS) is 28.9. The Bertz CT molecular complexity index is 702. The van der Waals surface area contributed by atoms with Crippen LogP contribution in [0.1, 0.15) is 33.9 Å². The van der Waals surface area contributed by atoms with E-state index in [9.17, 15) is 4.79 Å². The summed E-state index contributed by atoms with van der Waals surface area (Å²) in [7, 11) is 0. The SMILES string of the molecule is CC(C)COOC[C@@]1(N=[N+]=[N-])O[C@@H]([n+]2ccc(N)[nH]c2=O)[C@H](C)[C@@H]1C. The fourth-order valence-electron chi connectivity index (χ4n) is 2.74. The van der Waals surface area contributed by atoms with E-state index in [1.807, 2.05) is 27.7 Å². The standard InChI is InChI=1S/C15H24N6O4/c1-9(2)7-23-24-8-15(19-20-17)11(4)10(3)13(25-15)21-6-5-12(16)18-14(21)22/h5-6,9-11,13H,7-8H2,1-4H3,(H2,16,18,22)/p+1/t10-,11+,13-,15-/m1/s1. The van der Waals surface area contributed by atoms with Crippen molar-refractivity contribution < 1.29 is 19.1 Å². The van der Waals surface area contributed by atoms with E-state index in [0.29, 0.717) is 12.5 Å². The molecule has 0 radical (unpaired) electrons. The van der Waals surface area contributed by atoms with E-state index in [4.69, 9.17) is 25.8 Å². The number of nitrogens with zero attached hydrogens (tertiary/aromatic N) is 4. The van der Waals surface area contributed by atoms with Gasteiger partial charge in [0.1, 0.15) is 12.8 Å². The lowest BCUT2D eigenvalue weighted by Gasteiger charge is -2.26. The minimum atomic E-state index is -1.27. The van der Waals surface area contributed by atoms with Gasteiger partial charge in [0.05, 0.1) is 6.61 Å². The van der Waals surface area contributed by atoms with Gasteiger partial charge in [0.2, 0.25) is 6.23 Å². The topological polar surface area (TPSA) is 139 Å². The molecule has 1 aromatic rings. The van der Waals surface area contributed by atoms with Crippen LogP contribution in [0.3, 0.4) is 0 Å². The molecule has 1 saturated heterocycles. The Labute approximate surface area is 145 Å². The second-order valence-corrected chi connectivity index (χ2v) is 6.74. The van der Waals surface area contributed by atoms with Gasteiger partial charge >= 0.3 is 5.69 Å². The lowest BCUT2D eigenvalue weighted by Crippen LogP contribution is -2.56. The molecule has 0 spiro atoms. The number of nitrogens with two attached hydrogens (primary N) is 1. The average molecular weight is 353 g/mol. The van der Waals surface area contributed by atoms with Gasteiger partial charge in [-0.05, 0) is 11.4 Å². The molecule has 0 aromatic carbocycles. The van der Waals surface area contributed by atoms with Crippen LogP contribution in [0.15, 0.2) is 22.2 Å². The van der Waals surface area contributed by atoms with Crippen molar-refractivity contribution in [1.29, 1.82) is 0 Å². The smallest absolute Gasteiger partial charge is 0.366 e. The Hall–Kier alpha value is -2.13. The van der Waals surface area contributed by atoms with Crippen LogP contribution in [-0.2, 0) is 14.5 Å². The summed E-state index contributed by atoms with van der Waals surface area (Å²) in [6.07, 6.45) is 0.920. The number of nitrogen functional groups attached to an aromatic ring is 1. The number of ether oxygens (including phenoxy) is 1. The number of anilines is 1. The molecule has 1 aliphatic rings. The van der Waals surface area contributed by atoms with E-state index < -0.39 is 17.6 Å². The van der Waals surface area contributed by atoms with Gasteiger partial charge in [-0.1, -0.05) is 32.8 Å². The number of hydrogen-bond acceptors (Lipinski definition) is 6. The molecule has 0 amide bonds. The molecule has 25 heavy (non-hydrogen) atoms. The van der Waals surface area contributed by atoms with Crippen LogP contribution in [0.25, 0.3) is 10.4 Å². The van der Waals surface area contributed by atoms with Crippen LogP contribution >= 0.6 is 0 Å². The zero-order chi connectivity index (χ0) is 18.6. The molecule has 4 atom stereocenters. The molecule has 10 nitrogen and oxygen atoms in total. The summed E-state index contributed by atoms with van der Waals surface area (Å²) in [6, 6.07) is 1.57. The minimum Gasteiger partial charge on any atom is -0.366 e. The van der Waals surface area contributed by atoms with Crippen LogP contribution in [0.2, 0.25) is 0 Å². The lowest BCUT2D eigenvalue weighted by atomic mass is 9.89. The predicted octanol–water partition coefficient (Wildman–Crippen LogP) is 1.66. The molecular weight excluding hydrogens is 328 g/mol. The second kappa shape index (κ2) is 7.83. The Balaban J connectivity index is 2.24. The molecule has 10 heteroatoms. The molecule has 138 valence electrons. The van der Waals surface area contributed by atoms with Gasteiger partial charge in [0, 0.05) is 22.8 Å². The van der Waals surface area contributed by atoms with E-state index in [-0.39, 0.29) is 24.3 Å². The Morgan fingerprint density at radius 1 is 1.52 bits per heavy atom. The summed E-state index contributed by atoms with van der Waals surface area (Å²) >= 11 is 0. The number of H-pyrrole nitrogens is 1. The van der Waals surface area contributed by atoms with Gasteiger partial charge in [0.25, 0.3) is 0 Å².